The number of aromatic amines is 1. The molecule has 2 heterocycles. The van der Waals surface area contributed by atoms with Gasteiger partial charge in [0.25, 0.3) is 0 Å². The van der Waals surface area contributed by atoms with E-state index in [0.29, 0.717) is 11.3 Å². The molecule has 0 radical (unpaired) electrons. The number of anilines is 1. The maximum absolute atomic E-state index is 13.5. The predicted octanol–water partition coefficient (Wildman–Crippen LogP) is 4.83. The molecule has 1 amide bonds. The number of hydrogen-bond acceptors (Lipinski definition) is 6. The van der Waals surface area contributed by atoms with Crippen LogP contribution in [0.4, 0.5) is 5.13 Å². The number of thiazole rings is 1. The van der Waals surface area contributed by atoms with E-state index in [-0.39, 0.29) is 22.0 Å². The second-order valence-corrected chi connectivity index (χ2v) is 11.5. The largest absolute Gasteiger partial charge is 0.478 e. The van der Waals surface area contributed by atoms with Gasteiger partial charge in [-0.1, -0.05) is 48.0 Å². The van der Waals surface area contributed by atoms with Gasteiger partial charge in [-0.15, -0.1) is 11.3 Å². The molecule has 5 aromatic rings. The van der Waals surface area contributed by atoms with Crippen LogP contribution in [-0.2, 0) is 21.2 Å². The predicted molar refractivity (Wildman–Crippen MR) is 150 cm³/mol. The van der Waals surface area contributed by atoms with Gasteiger partial charge >= 0.3 is 5.97 Å². The number of nitrogens with zero attached hydrogens (tertiary/aromatic N) is 1. The van der Waals surface area contributed by atoms with Crippen LogP contribution in [0.2, 0.25) is 0 Å². The van der Waals surface area contributed by atoms with Gasteiger partial charge in [0.1, 0.15) is 6.04 Å². The van der Waals surface area contributed by atoms with Crippen LogP contribution in [0, 0.1) is 6.92 Å². The van der Waals surface area contributed by atoms with E-state index in [2.05, 4.69) is 20.0 Å². The molecule has 198 valence electrons. The Morgan fingerprint density at radius 2 is 1.74 bits per heavy atom. The molecule has 0 unspecified atom stereocenters. The summed E-state index contributed by atoms with van der Waals surface area (Å²) in [7, 11) is -4.00. The quantitative estimate of drug-likeness (QED) is 0.204. The summed E-state index contributed by atoms with van der Waals surface area (Å²) in [5, 5.41) is 14.8. The van der Waals surface area contributed by atoms with Crippen LogP contribution in [0.15, 0.2) is 89.3 Å². The van der Waals surface area contributed by atoms with Crippen molar-refractivity contribution in [3.05, 3.63) is 101 Å². The molecule has 9 nitrogen and oxygen atoms in total. The Bertz CT molecular complexity index is 1760. The molecule has 1 atom stereocenters. The SMILES string of the molecule is Cc1ccc(S(=O)(=O)N[C@@H](Cc2c[nH]c3ccccc23)C(=O)Nc2nc(-c3ccc(C(=O)O)cc3)cs2)cc1. The Kier molecular flexibility index (Phi) is 7.29. The van der Waals surface area contributed by atoms with Crippen molar-refractivity contribution in [1.29, 1.82) is 0 Å². The van der Waals surface area contributed by atoms with Crippen molar-refractivity contribution >= 4 is 49.3 Å². The first kappa shape index (κ1) is 26.3. The van der Waals surface area contributed by atoms with Gasteiger partial charge in [-0.3, -0.25) is 4.79 Å². The fraction of sp³-hybridized carbons (Fsp3) is 0.107. The monoisotopic (exact) mass is 560 g/mol. The molecule has 5 rings (SSSR count). The molecule has 0 saturated heterocycles. The van der Waals surface area contributed by atoms with E-state index in [9.17, 15) is 18.0 Å². The number of aromatic carboxylic acids is 1. The van der Waals surface area contributed by atoms with Crippen LogP contribution in [-0.4, -0.2) is 41.4 Å². The molecule has 11 heteroatoms. The van der Waals surface area contributed by atoms with E-state index in [0.717, 1.165) is 22.0 Å². The van der Waals surface area contributed by atoms with Gasteiger partial charge in [0, 0.05) is 28.0 Å². The number of aromatic nitrogens is 2. The Morgan fingerprint density at radius 1 is 1.03 bits per heavy atom. The lowest BCUT2D eigenvalue weighted by Crippen LogP contribution is -2.45. The first-order valence-corrected chi connectivity index (χ1v) is 14.3. The molecule has 4 N–H and O–H groups in total. The highest BCUT2D eigenvalue weighted by Crippen LogP contribution is 2.26. The molecule has 0 saturated carbocycles. The van der Waals surface area contributed by atoms with Crippen molar-refractivity contribution in [2.75, 3.05) is 5.32 Å². The fourth-order valence-electron chi connectivity index (χ4n) is 4.12. The number of carboxylic acids is 1. The number of carboxylic acid groups (broad SMARTS) is 1. The van der Waals surface area contributed by atoms with E-state index < -0.39 is 27.9 Å². The van der Waals surface area contributed by atoms with Gasteiger partial charge in [-0.2, -0.15) is 4.72 Å². The average Bonchev–Trinajstić information content (AvgIpc) is 3.56. The number of benzene rings is 3. The minimum absolute atomic E-state index is 0.0613. The van der Waals surface area contributed by atoms with Crippen molar-refractivity contribution < 1.29 is 23.1 Å². The minimum atomic E-state index is -4.00. The zero-order valence-electron chi connectivity index (χ0n) is 20.7. The summed E-state index contributed by atoms with van der Waals surface area (Å²) >= 11 is 1.18. The van der Waals surface area contributed by atoms with Crippen LogP contribution in [0.1, 0.15) is 21.5 Å². The Hall–Kier alpha value is -4.32. The van der Waals surface area contributed by atoms with Crippen LogP contribution < -0.4 is 10.0 Å². The molecule has 0 fully saturated rings. The molecule has 2 aromatic heterocycles. The third-order valence-corrected chi connectivity index (χ3v) is 8.45. The zero-order valence-corrected chi connectivity index (χ0v) is 22.3. The number of amides is 1. The second kappa shape index (κ2) is 10.8. The number of nitrogens with one attached hydrogen (secondary N) is 3. The molecule has 0 aliphatic carbocycles. The van der Waals surface area contributed by atoms with Crippen molar-refractivity contribution in [3.63, 3.8) is 0 Å². The van der Waals surface area contributed by atoms with Gasteiger partial charge in [-0.25, -0.2) is 18.2 Å². The number of H-pyrrole nitrogens is 1. The lowest BCUT2D eigenvalue weighted by Gasteiger charge is -2.18. The van der Waals surface area contributed by atoms with E-state index in [1.807, 2.05) is 31.2 Å². The van der Waals surface area contributed by atoms with Gasteiger partial charge in [0.05, 0.1) is 16.2 Å². The highest BCUT2D eigenvalue weighted by molar-refractivity contribution is 7.89. The Labute approximate surface area is 228 Å². The average molecular weight is 561 g/mol. The number of aryl methyl sites for hydroxylation is 1. The highest BCUT2D eigenvalue weighted by Gasteiger charge is 2.28. The zero-order chi connectivity index (χ0) is 27.6. The number of carbonyl (C=O) groups excluding carboxylic acids is 1. The molecular weight excluding hydrogens is 536 g/mol. The number of hydrogen-bond donors (Lipinski definition) is 4. The number of para-hydroxylation sites is 1. The van der Waals surface area contributed by atoms with Crippen LogP contribution >= 0.6 is 11.3 Å². The summed E-state index contributed by atoms with van der Waals surface area (Å²) in [6.07, 6.45) is 1.88. The van der Waals surface area contributed by atoms with Gasteiger partial charge < -0.3 is 15.4 Å². The van der Waals surface area contributed by atoms with Crippen LogP contribution in [0.5, 0.6) is 0 Å². The summed E-state index contributed by atoms with van der Waals surface area (Å²) in [5.41, 5.74) is 3.98. The minimum Gasteiger partial charge on any atom is -0.478 e. The van der Waals surface area contributed by atoms with Gasteiger partial charge in [0.15, 0.2) is 5.13 Å². The Balaban J connectivity index is 1.40. The molecule has 0 spiro atoms. The molecule has 39 heavy (non-hydrogen) atoms. The van der Waals surface area contributed by atoms with Crippen molar-refractivity contribution in [2.45, 2.75) is 24.3 Å². The first-order chi connectivity index (χ1) is 18.7. The first-order valence-electron chi connectivity index (χ1n) is 11.9. The third-order valence-electron chi connectivity index (χ3n) is 6.21. The second-order valence-electron chi connectivity index (χ2n) is 8.96. The standard InChI is InChI=1S/C28H24N4O5S2/c1-17-6-12-21(13-7-17)39(36,37)32-24(14-20-15-29-23-5-3-2-4-22(20)23)26(33)31-28-30-25(16-38-28)18-8-10-19(11-9-18)27(34)35/h2-13,15-16,24,29,32H,14H2,1H3,(H,34,35)(H,30,31,33)/t24-/m0/s1. The van der Waals surface area contributed by atoms with Crippen molar-refractivity contribution in [1.82, 2.24) is 14.7 Å². The lowest BCUT2D eigenvalue weighted by molar-refractivity contribution is -0.117. The molecule has 3 aromatic carbocycles. The summed E-state index contributed by atoms with van der Waals surface area (Å²) in [5.74, 6) is -1.58. The molecule has 0 aliphatic rings. The highest BCUT2D eigenvalue weighted by atomic mass is 32.2. The fourth-order valence-corrected chi connectivity index (χ4v) is 6.04. The summed E-state index contributed by atoms with van der Waals surface area (Å²) in [6.45, 7) is 1.86. The van der Waals surface area contributed by atoms with Crippen molar-refractivity contribution in [3.8, 4) is 11.3 Å². The third kappa shape index (κ3) is 5.90. The Morgan fingerprint density at radius 3 is 2.46 bits per heavy atom. The lowest BCUT2D eigenvalue weighted by atomic mass is 10.1. The maximum atomic E-state index is 13.5. The molecule has 0 bridgehead atoms. The molecule has 0 aliphatic heterocycles. The normalized spacial score (nSPS) is 12.3. The van der Waals surface area contributed by atoms with E-state index >= 15 is 0 Å². The number of carbonyl (C=O) groups is 2. The van der Waals surface area contributed by atoms with Gasteiger partial charge in [-0.05, 0) is 49.2 Å². The summed E-state index contributed by atoms with van der Waals surface area (Å²) < 4.78 is 29.0. The maximum Gasteiger partial charge on any atom is 0.335 e. The van der Waals surface area contributed by atoms with Gasteiger partial charge in [0.2, 0.25) is 15.9 Å². The summed E-state index contributed by atoms with van der Waals surface area (Å²) in [4.78, 5) is 32.2. The smallest absolute Gasteiger partial charge is 0.335 e. The van der Waals surface area contributed by atoms with Crippen molar-refractivity contribution in [2.24, 2.45) is 0 Å². The van der Waals surface area contributed by atoms with E-state index in [1.165, 1.54) is 35.6 Å². The number of rotatable bonds is 9. The van der Waals surface area contributed by atoms with E-state index in [4.69, 9.17) is 5.11 Å². The topological polar surface area (TPSA) is 141 Å². The summed E-state index contributed by atoms with van der Waals surface area (Å²) in [6, 6.07) is 19.1. The number of sulfonamides is 1. The van der Waals surface area contributed by atoms with Crippen LogP contribution in [0.3, 0.4) is 0 Å². The van der Waals surface area contributed by atoms with E-state index in [1.54, 1.807) is 35.8 Å². The molecular formula is C28H24N4O5S2. The van der Waals surface area contributed by atoms with Crippen LogP contribution in [0.25, 0.3) is 22.2 Å². The number of fused-ring (bicyclic) bond motifs is 1.